The number of piperidine rings is 1. The Labute approximate surface area is 174 Å². The first kappa shape index (κ1) is 22.9. The topological polar surface area (TPSA) is 96.6 Å². The maximum absolute atomic E-state index is 12.3. The van der Waals surface area contributed by atoms with E-state index in [9.17, 15) is 19.4 Å². The molecule has 2 atom stereocenters. The maximum atomic E-state index is 12.3. The molecule has 0 aromatic carbocycles. The van der Waals surface area contributed by atoms with E-state index in [1.807, 2.05) is 0 Å². The Kier molecular flexibility index (Phi) is 11.1. The number of nitrogens with zero attached hydrogens (tertiary/aromatic N) is 1. The monoisotopic (exact) mass is 345 g/mol. The van der Waals surface area contributed by atoms with Gasteiger partial charge in [-0.3, -0.25) is 4.90 Å². The third-order valence-electron chi connectivity index (χ3n) is 3.57. The van der Waals surface area contributed by atoms with Crippen LogP contribution in [-0.2, 0) is 15.8 Å². The third kappa shape index (κ3) is 6.80. The smallest absolute Gasteiger partial charge is 0.798 e. The van der Waals surface area contributed by atoms with Crippen molar-refractivity contribution >= 4 is 13.3 Å². The molecule has 0 amide bonds. The molecule has 0 saturated carbocycles. The first-order valence-corrected chi connectivity index (χ1v) is 8.62. The molecule has 0 N–H and O–H groups in total. The van der Waals surface area contributed by atoms with Crippen molar-refractivity contribution in [1.29, 1.82) is 0 Å². The van der Waals surface area contributed by atoms with Crippen molar-refractivity contribution in [3.05, 3.63) is 24.2 Å². The van der Waals surface area contributed by atoms with Gasteiger partial charge in [0, 0.05) is 25.7 Å². The van der Waals surface area contributed by atoms with Crippen molar-refractivity contribution in [2.75, 3.05) is 19.4 Å². The Morgan fingerprint density at radius 3 is 2.45 bits per heavy atom. The number of furan rings is 1. The van der Waals surface area contributed by atoms with Crippen LogP contribution in [-0.4, -0.2) is 35.9 Å². The van der Waals surface area contributed by atoms with Crippen molar-refractivity contribution < 1.29 is 82.9 Å². The second kappa shape index (κ2) is 10.7. The minimum Gasteiger partial charge on any atom is -0.798 e. The summed E-state index contributed by atoms with van der Waals surface area (Å²) >= 11 is 0. The molecule has 0 radical (unpaired) electrons. The molecule has 1 aromatic rings. The van der Waals surface area contributed by atoms with Gasteiger partial charge in [-0.25, -0.2) is 0 Å². The Bertz CT molecular complexity index is 491. The fourth-order valence-electron chi connectivity index (χ4n) is 2.48. The molecule has 2 unspecified atom stereocenters. The number of carboxylic acids is 1. The number of rotatable bonds is 6. The van der Waals surface area contributed by atoms with Crippen molar-refractivity contribution in [2.24, 2.45) is 0 Å². The molecular weight excluding hydrogens is 327 g/mol. The van der Waals surface area contributed by atoms with Gasteiger partial charge in [-0.2, -0.15) is 0 Å². The van der Waals surface area contributed by atoms with E-state index in [1.165, 1.54) is 6.26 Å². The van der Waals surface area contributed by atoms with Crippen molar-refractivity contribution in [3.63, 3.8) is 0 Å². The fourth-order valence-corrected chi connectivity index (χ4v) is 4.30. The van der Waals surface area contributed by atoms with E-state index < -0.39 is 19.0 Å². The predicted octanol–water partition coefficient (Wildman–Crippen LogP) is -5.97. The molecule has 9 heteroatoms. The van der Waals surface area contributed by atoms with E-state index in [-0.39, 0.29) is 71.8 Å². The van der Waals surface area contributed by atoms with Gasteiger partial charge in [-0.1, -0.05) is 6.42 Å². The minimum absolute atomic E-state index is 0. The number of carboxylic acid groups (broad SMARTS) is 1. The Hall–Kier alpha value is 0.900. The van der Waals surface area contributed by atoms with Gasteiger partial charge in [-0.15, -0.1) is 0 Å². The summed E-state index contributed by atoms with van der Waals surface area (Å²) in [5.74, 6) is -1.22. The largest absolute Gasteiger partial charge is 1.00 e. The molecule has 1 saturated heterocycles. The van der Waals surface area contributed by atoms with Crippen LogP contribution in [0.3, 0.4) is 0 Å². The summed E-state index contributed by atoms with van der Waals surface area (Å²) in [4.78, 5) is 25.3. The van der Waals surface area contributed by atoms with E-state index in [0.717, 1.165) is 19.3 Å². The molecule has 2 heterocycles. The minimum atomic E-state index is -4.11. The molecule has 1 aliphatic heterocycles. The molecule has 2 rings (SSSR count). The van der Waals surface area contributed by atoms with Gasteiger partial charge in [0.05, 0.1) is 12.2 Å². The molecule has 112 valence electrons. The van der Waals surface area contributed by atoms with Crippen LogP contribution in [0.4, 0.5) is 0 Å². The van der Waals surface area contributed by atoms with Crippen LogP contribution >= 0.6 is 7.37 Å². The summed E-state index contributed by atoms with van der Waals surface area (Å²) in [6, 6.07) is 3.17. The first-order valence-electron chi connectivity index (χ1n) is 6.74. The number of aliphatic carboxylic acids is 1. The first-order chi connectivity index (χ1) is 9.49. The number of carbonyl (C=O) groups is 1. The van der Waals surface area contributed by atoms with Crippen LogP contribution in [0.15, 0.2) is 22.8 Å². The summed E-state index contributed by atoms with van der Waals surface area (Å²) in [5.41, 5.74) is -1.53. The zero-order valence-corrected chi connectivity index (χ0v) is 18.1. The van der Waals surface area contributed by atoms with Crippen LogP contribution < -0.4 is 69.1 Å². The summed E-state index contributed by atoms with van der Waals surface area (Å²) in [6.07, 6.45) is 4.01. The number of likely N-dealkylation sites (tertiary alicyclic amines) is 1. The normalized spacial score (nSPS) is 19.3. The van der Waals surface area contributed by atoms with E-state index in [1.54, 1.807) is 17.0 Å². The van der Waals surface area contributed by atoms with Crippen LogP contribution in [0.25, 0.3) is 0 Å². The van der Waals surface area contributed by atoms with Gasteiger partial charge in [0.2, 0.25) is 0 Å². The molecule has 1 aliphatic rings. The third-order valence-corrected chi connectivity index (χ3v) is 5.70. The second-order valence-corrected chi connectivity index (χ2v) is 7.52. The quantitative estimate of drug-likeness (QED) is 0.376. The molecule has 6 nitrogen and oxygen atoms in total. The zero-order chi connectivity index (χ0) is 14.6. The van der Waals surface area contributed by atoms with Crippen LogP contribution in [0.1, 0.15) is 25.0 Å². The maximum Gasteiger partial charge on any atom is 1.00 e. The summed E-state index contributed by atoms with van der Waals surface area (Å²) in [7, 11) is -4.11. The van der Waals surface area contributed by atoms with Gasteiger partial charge >= 0.3 is 59.1 Å². The molecule has 0 spiro atoms. The number of hydrogen-bond donors (Lipinski definition) is 0. The molecule has 1 fully saturated rings. The standard InChI is InChI=1S/C13H20NO5P.2Na/c15-13(16)12(9-11-5-4-8-19-11)20(17,18)10-14-6-2-1-3-7-14;;/h4-5,8,12H,1-3,6-7,9-10H2,(H,15,16)(H,17,18);;/q;2*+1/p-2. The SMILES string of the molecule is O=C([O-])C(Cc1ccco1)P(=O)([O-])CN1CCCCC1.[Na+].[Na+]. The van der Waals surface area contributed by atoms with Gasteiger partial charge in [0.1, 0.15) is 5.76 Å². The van der Waals surface area contributed by atoms with Crippen molar-refractivity contribution in [1.82, 2.24) is 4.90 Å². The second-order valence-electron chi connectivity index (χ2n) is 5.16. The molecule has 1 aromatic heterocycles. The average Bonchev–Trinajstić information content (AvgIpc) is 2.89. The summed E-state index contributed by atoms with van der Waals surface area (Å²) < 4.78 is 17.3. The van der Waals surface area contributed by atoms with E-state index in [2.05, 4.69) is 0 Å². The Morgan fingerprint density at radius 2 is 1.95 bits per heavy atom. The van der Waals surface area contributed by atoms with Crippen LogP contribution in [0.2, 0.25) is 0 Å². The van der Waals surface area contributed by atoms with Crippen LogP contribution in [0.5, 0.6) is 0 Å². The summed E-state index contributed by atoms with van der Waals surface area (Å²) in [6.45, 7) is 1.40. The van der Waals surface area contributed by atoms with E-state index in [0.29, 0.717) is 18.8 Å². The predicted molar refractivity (Wildman–Crippen MR) is 69.1 cm³/mol. The average molecular weight is 345 g/mol. The molecule has 0 bridgehead atoms. The van der Waals surface area contributed by atoms with Gasteiger partial charge < -0.3 is 23.8 Å². The van der Waals surface area contributed by atoms with Crippen molar-refractivity contribution in [2.45, 2.75) is 31.3 Å². The Balaban J connectivity index is 0.00000220. The molecule has 0 aliphatic carbocycles. The zero-order valence-electron chi connectivity index (χ0n) is 13.2. The number of hydrogen-bond acceptors (Lipinski definition) is 6. The van der Waals surface area contributed by atoms with Crippen molar-refractivity contribution in [3.8, 4) is 0 Å². The molecular formula is C13H18NNa2O5P. The summed E-state index contributed by atoms with van der Waals surface area (Å²) in [5, 5.41) is 11.2. The van der Waals surface area contributed by atoms with Crippen LogP contribution in [0, 0.1) is 0 Å². The van der Waals surface area contributed by atoms with Gasteiger partial charge in [0.15, 0.2) is 0 Å². The van der Waals surface area contributed by atoms with Gasteiger partial charge in [0.25, 0.3) is 0 Å². The van der Waals surface area contributed by atoms with Gasteiger partial charge in [-0.05, 0) is 38.1 Å². The number of carbonyl (C=O) groups excluding carboxylic acids is 1. The van der Waals surface area contributed by atoms with E-state index in [4.69, 9.17) is 4.42 Å². The van der Waals surface area contributed by atoms with E-state index >= 15 is 0 Å². The Morgan fingerprint density at radius 1 is 1.32 bits per heavy atom. The fraction of sp³-hybridized carbons (Fsp3) is 0.615. The molecule has 22 heavy (non-hydrogen) atoms.